The van der Waals surface area contributed by atoms with E-state index in [2.05, 4.69) is 10.4 Å². The summed E-state index contributed by atoms with van der Waals surface area (Å²) in [5.41, 5.74) is 2.67. The Morgan fingerprint density at radius 3 is 2.61 bits per heavy atom. The quantitative estimate of drug-likeness (QED) is 0.561. The second kappa shape index (κ2) is 9.13. The van der Waals surface area contributed by atoms with Crippen molar-refractivity contribution >= 4 is 34.9 Å². The number of nitrogens with one attached hydrogen (secondary N) is 1. The van der Waals surface area contributed by atoms with Crippen molar-refractivity contribution in [3.05, 3.63) is 82.1 Å². The van der Waals surface area contributed by atoms with E-state index in [9.17, 15) is 4.79 Å². The lowest BCUT2D eigenvalue weighted by Crippen LogP contribution is -2.39. The molecule has 0 bridgehead atoms. The maximum absolute atomic E-state index is 13.0. The smallest absolute Gasteiger partial charge is 0.318 e. The standard InChI is InChI=1S/C21H22Cl2N4O/c1-15(2)27(13-16-8-9-18(22)19(23)12-16)21(28)25-20-7-4-3-6-17(20)14-26-11-5-10-24-26/h3-12,15H,13-14H2,1-2H3,(H,25,28). The molecule has 3 aromatic rings. The molecule has 0 aliphatic rings. The van der Waals surface area contributed by atoms with Gasteiger partial charge >= 0.3 is 6.03 Å². The predicted octanol–water partition coefficient (Wildman–Crippen LogP) is 5.68. The highest BCUT2D eigenvalue weighted by Crippen LogP contribution is 2.24. The molecule has 0 saturated carbocycles. The van der Waals surface area contributed by atoms with Gasteiger partial charge in [-0.3, -0.25) is 4.68 Å². The van der Waals surface area contributed by atoms with Gasteiger partial charge in [-0.05, 0) is 49.2 Å². The molecule has 7 heteroatoms. The largest absolute Gasteiger partial charge is 0.322 e. The van der Waals surface area contributed by atoms with Crippen molar-refractivity contribution in [2.75, 3.05) is 5.32 Å². The number of carbonyl (C=O) groups excluding carboxylic acids is 1. The lowest BCUT2D eigenvalue weighted by molar-refractivity contribution is 0.193. The molecule has 2 aromatic carbocycles. The van der Waals surface area contributed by atoms with Gasteiger partial charge in [0.25, 0.3) is 0 Å². The Kier molecular flexibility index (Phi) is 6.60. The Balaban J connectivity index is 1.76. The Morgan fingerprint density at radius 1 is 1.14 bits per heavy atom. The molecule has 1 heterocycles. The van der Waals surface area contributed by atoms with Crippen molar-refractivity contribution in [3.8, 4) is 0 Å². The minimum Gasteiger partial charge on any atom is -0.318 e. The fourth-order valence-electron chi connectivity index (χ4n) is 2.86. The van der Waals surface area contributed by atoms with Gasteiger partial charge in [0.1, 0.15) is 0 Å². The van der Waals surface area contributed by atoms with Gasteiger partial charge in [0.2, 0.25) is 0 Å². The lowest BCUT2D eigenvalue weighted by atomic mass is 10.1. The van der Waals surface area contributed by atoms with E-state index in [4.69, 9.17) is 23.2 Å². The highest BCUT2D eigenvalue weighted by molar-refractivity contribution is 6.42. The fourth-order valence-corrected chi connectivity index (χ4v) is 3.18. The van der Waals surface area contributed by atoms with Crippen LogP contribution in [0.15, 0.2) is 60.9 Å². The SMILES string of the molecule is CC(C)N(Cc1ccc(Cl)c(Cl)c1)C(=O)Nc1ccccc1Cn1cccn1. The molecule has 0 spiro atoms. The summed E-state index contributed by atoms with van der Waals surface area (Å²) >= 11 is 12.1. The Hall–Kier alpha value is -2.50. The zero-order valence-corrected chi connectivity index (χ0v) is 17.3. The molecule has 0 aliphatic carbocycles. The number of para-hydroxylation sites is 1. The van der Waals surface area contributed by atoms with Crippen LogP contribution in [0.1, 0.15) is 25.0 Å². The summed E-state index contributed by atoms with van der Waals surface area (Å²) in [6.07, 6.45) is 3.63. The van der Waals surface area contributed by atoms with Gasteiger partial charge in [-0.15, -0.1) is 0 Å². The van der Waals surface area contributed by atoms with Gasteiger partial charge in [0.15, 0.2) is 0 Å². The summed E-state index contributed by atoms with van der Waals surface area (Å²) in [7, 11) is 0. The number of anilines is 1. The number of hydrogen-bond acceptors (Lipinski definition) is 2. The minimum atomic E-state index is -0.172. The number of hydrogen-bond donors (Lipinski definition) is 1. The van der Waals surface area contributed by atoms with Crippen LogP contribution >= 0.6 is 23.2 Å². The number of nitrogens with zero attached hydrogens (tertiary/aromatic N) is 3. The first kappa shape index (κ1) is 20.2. The van der Waals surface area contributed by atoms with Crippen LogP contribution in [-0.4, -0.2) is 26.8 Å². The Bertz CT molecular complexity index is 941. The average molecular weight is 417 g/mol. The highest BCUT2D eigenvalue weighted by atomic mass is 35.5. The van der Waals surface area contributed by atoms with Crippen molar-refractivity contribution in [2.45, 2.75) is 33.0 Å². The van der Waals surface area contributed by atoms with E-state index in [-0.39, 0.29) is 12.1 Å². The number of halogens is 2. The number of carbonyl (C=O) groups is 1. The van der Waals surface area contributed by atoms with Crippen LogP contribution in [0.25, 0.3) is 0 Å². The average Bonchev–Trinajstić information content (AvgIpc) is 3.17. The van der Waals surface area contributed by atoms with Crippen molar-refractivity contribution in [1.29, 1.82) is 0 Å². The number of amides is 2. The molecule has 0 unspecified atom stereocenters. The second-order valence-corrected chi connectivity index (χ2v) is 7.58. The number of aromatic nitrogens is 2. The van der Waals surface area contributed by atoms with E-state index >= 15 is 0 Å². The Morgan fingerprint density at radius 2 is 1.93 bits per heavy atom. The van der Waals surface area contributed by atoms with Crippen LogP contribution in [-0.2, 0) is 13.1 Å². The van der Waals surface area contributed by atoms with Gasteiger partial charge < -0.3 is 10.2 Å². The zero-order valence-electron chi connectivity index (χ0n) is 15.8. The number of rotatable bonds is 6. The minimum absolute atomic E-state index is 0.00716. The molecule has 3 rings (SSSR count). The number of benzene rings is 2. The van der Waals surface area contributed by atoms with Gasteiger partial charge in [-0.2, -0.15) is 5.10 Å². The summed E-state index contributed by atoms with van der Waals surface area (Å²) in [6.45, 7) is 4.97. The topological polar surface area (TPSA) is 50.2 Å². The molecule has 5 nitrogen and oxygen atoms in total. The van der Waals surface area contributed by atoms with E-state index in [1.165, 1.54) is 0 Å². The van der Waals surface area contributed by atoms with Crippen molar-refractivity contribution in [1.82, 2.24) is 14.7 Å². The lowest BCUT2D eigenvalue weighted by Gasteiger charge is -2.27. The normalized spacial score (nSPS) is 10.9. The monoisotopic (exact) mass is 416 g/mol. The molecule has 146 valence electrons. The summed E-state index contributed by atoms with van der Waals surface area (Å²) in [5.74, 6) is 0. The highest BCUT2D eigenvalue weighted by Gasteiger charge is 2.19. The van der Waals surface area contributed by atoms with Crippen LogP contribution in [0, 0.1) is 0 Å². The number of urea groups is 1. The fraction of sp³-hybridized carbons (Fsp3) is 0.238. The van der Waals surface area contributed by atoms with Gasteiger partial charge in [0.05, 0.1) is 16.6 Å². The van der Waals surface area contributed by atoms with Crippen molar-refractivity contribution in [2.24, 2.45) is 0 Å². The Labute approximate surface area is 174 Å². The molecule has 1 N–H and O–H groups in total. The van der Waals surface area contributed by atoms with E-state index in [0.717, 1.165) is 16.8 Å². The van der Waals surface area contributed by atoms with Crippen LogP contribution in [0.5, 0.6) is 0 Å². The first-order chi connectivity index (χ1) is 13.4. The molecule has 0 radical (unpaired) electrons. The summed E-state index contributed by atoms with van der Waals surface area (Å²) in [4.78, 5) is 14.8. The van der Waals surface area contributed by atoms with Crippen LogP contribution in [0.2, 0.25) is 10.0 Å². The third-order valence-electron chi connectivity index (χ3n) is 4.37. The van der Waals surface area contributed by atoms with Crippen molar-refractivity contribution < 1.29 is 4.79 Å². The molecule has 0 fully saturated rings. The third-order valence-corrected chi connectivity index (χ3v) is 5.11. The summed E-state index contributed by atoms with van der Waals surface area (Å²) in [5, 5.41) is 8.25. The maximum atomic E-state index is 13.0. The van der Waals surface area contributed by atoms with E-state index in [1.54, 1.807) is 23.2 Å². The van der Waals surface area contributed by atoms with E-state index < -0.39 is 0 Å². The summed E-state index contributed by atoms with van der Waals surface area (Å²) in [6, 6.07) is 14.9. The van der Waals surface area contributed by atoms with E-state index in [1.807, 2.05) is 61.1 Å². The molecule has 28 heavy (non-hydrogen) atoms. The van der Waals surface area contributed by atoms with Crippen LogP contribution < -0.4 is 5.32 Å². The first-order valence-corrected chi connectivity index (χ1v) is 9.76. The van der Waals surface area contributed by atoms with Gasteiger partial charge in [0, 0.05) is 30.7 Å². The molecular weight excluding hydrogens is 395 g/mol. The van der Waals surface area contributed by atoms with Crippen molar-refractivity contribution in [3.63, 3.8) is 0 Å². The van der Waals surface area contributed by atoms with Gasteiger partial charge in [-0.25, -0.2) is 4.79 Å². The summed E-state index contributed by atoms with van der Waals surface area (Å²) < 4.78 is 1.82. The molecule has 0 saturated heterocycles. The predicted molar refractivity (Wildman–Crippen MR) is 114 cm³/mol. The van der Waals surface area contributed by atoms with Gasteiger partial charge in [-0.1, -0.05) is 47.5 Å². The third kappa shape index (κ3) is 5.06. The second-order valence-electron chi connectivity index (χ2n) is 6.76. The van der Waals surface area contributed by atoms with Crippen LogP contribution in [0.3, 0.4) is 0 Å². The molecule has 0 atom stereocenters. The first-order valence-electron chi connectivity index (χ1n) is 9.01. The maximum Gasteiger partial charge on any atom is 0.322 e. The molecule has 0 aliphatic heterocycles. The zero-order chi connectivity index (χ0) is 20.1. The molecular formula is C21H22Cl2N4O. The van der Waals surface area contributed by atoms with E-state index in [0.29, 0.717) is 23.1 Å². The van der Waals surface area contributed by atoms with Crippen LogP contribution in [0.4, 0.5) is 10.5 Å². The molecule has 2 amide bonds. The molecule has 1 aromatic heterocycles.